The topological polar surface area (TPSA) is 41.6 Å². The Morgan fingerprint density at radius 1 is 1.36 bits per heavy atom. The minimum atomic E-state index is 0.494. The van der Waals surface area contributed by atoms with Crippen LogP contribution in [0, 0.1) is 5.41 Å². The Morgan fingerprint density at radius 2 is 2.00 bits per heavy atom. The van der Waals surface area contributed by atoms with Crippen LogP contribution in [0.1, 0.15) is 40.0 Å². The zero-order chi connectivity index (χ0) is 10.6. The Kier molecular flexibility index (Phi) is 3.78. The van der Waals surface area contributed by atoms with Crippen molar-refractivity contribution in [1.29, 1.82) is 0 Å². The zero-order valence-electron chi connectivity index (χ0n) is 9.71. The van der Waals surface area contributed by atoms with Crippen LogP contribution in [0.5, 0.6) is 0 Å². The molecule has 0 aromatic carbocycles. The lowest BCUT2D eigenvalue weighted by molar-refractivity contribution is 0.277. The molecule has 0 aromatic heterocycles. The van der Waals surface area contributed by atoms with Gasteiger partial charge in [0.2, 0.25) is 0 Å². The van der Waals surface area contributed by atoms with Crippen molar-refractivity contribution in [3.63, 3.8) is 0 Å². The summed E-state index contributed by atoms with van der Waals surface area (Å²) in [5.74, 6) is 0.733. The molecular weight excluding hydrogens is 174 g/mol. The molecule has 1 rings (SSSR count). The van der Waals surface area contributed by atoms with Gasteiger partial charge in [0, 0.05) is 19.6 Å². The third-order valence-corrected chi connectivity index (χ3v) is 3.58. The Labute approximate surface area is 87.4 Å². The predicted octanol–water partition coefficient (Wildman–Crippen LogP) is 1.83. The summed E-state index contributed by atoms with van der Waals surface area (Å²) in [7, 11) is 0. The number of nitrogens with zero attached hydrogens (tertiary/aromatic N) is 2. The van der Waals surface area contributed by atoms with Crippen molar-refractivity contribution in [2.45, 2.75) is 40.0 Å². The molecule has 2 N–H and O–H groups in total. The van der Waals surface area contributed by atoms with Crippen LogP contribution in [0.3, 0.4) is 0 Å². The molecule has 3 nitrogen and oxygen atoms in total. The standard InChI is InChI=1S/C11H23N3/c1-4-11(5-2)7-8-14(9-11)10(12)13-6-3/h4-9H2,1-3H3,(H2,12,13). The highest BCUT2D eigenvalue weighted by atomic mass is 15.3. The average Bonchev–Trinajstić information content (AvgIpc) is 2.63. The molecule has 0 bridgehead atoms. The smallest absolute Gasteiger partial charge is 0.191 e. The summed E-state index contributed by atoms with van der Waals surface area (Å²) in [5, 5.41) is 0. The van der Waals surface area contributed by atoms with E-state index in [1.807, 2.05) is 6.92 Å². The SMILES string of the molecule is CCN=C(N)N1CCC(CC)(CC)C1. The third kappa shape index (κ3) is 2.20. The predicted molar refractivity (Wildman–Crippen MR) is 61.4 cm³/mol. The molecule has 1 saturated heterocycles. The summed E-state index contributed by atoms with van der Waals surface area (Å²) < 4.78 is 0. The van der Waals surface area contributed by atoms with Crippen LogP contribution in [0.25, 0.3) is 0 Å². The van der Waals surface area contributed by atoms with E-state index in [0.29, 0.717) is 5.41 Å². The monoisotopic (exact) mass is 197 g/mol. The van der Waals surface area contributed by atoms with E-state index in [-0.39, 0.29) is 0 Å². The van der Waals surface area contributed by atoms with E-state index in [0.717, 1.165) is 25.6 Å². The van der Waals surface area contributed by atoms with Crippen LogP contribution in [-0.2, 0) is 0 Å². The van der Waals surface area contributed by atoms with Crippen LogP contribution in [-0.4, -0.2) is 30.5 Å². The summed E-state index contributed by atoms with van der Waals surface area (Å²) in [6, 6.07) is 0. The normalized spacial score (nSPS) is 21.6. The van der Waals surface area contributed by atoms with Gasteiger partial charge in [-0.1, -0.05) is 13.8 Å². The molecule has 0 atom stereocenters. The average molecular weight is 197 g/mol. The second kappa shape index (κ2) is 4.67. The van der Waals surface area contributed by atoms with E-state index in [9.17, 15) is 0 Å². The van der Waals surface area contributed by atoms with Crippen molar-refractivity contribution in [2.75, 3.05) is 19.6 Å². The number of nitrogens with two attached hydrogens (primary N) is 1. The summed E-state index contributed by atoms with van der Waals surface area (Å²) in [6.07, 6.45) is 3.76. The maximum Gasteiger partial charge on any atom is 0.191 e. The van der Waals surface area contributed by atoms with E-state index in [1.54, 1.807) is 0 Å². The highest BCUT2D eigenvalue weighted by molar-refractivity contribution is 5.78. The molecule has 0 radical (unpaired) electrons. The number of aliphatic imine (C=N–C) groups is 1. The van der Waals surface area contributed by atoms with Crippen molar-refractivity contribution in [1.82, 2.24) is 4.90 Å². The second-order valence-electron chi connectivity index (χ2n) is 4.21. The number of hydrogen-bond donors (Lipinski definition) is 1. The third-order valence-electron chi connectivity index (χ3n) is 3.58. The van der Waals surface area contributed by atoms with Crippen LogP contribution in [0.2, 0.25) is 0 Å². The van der Waals surface area contributed by atoms with E-state index >= 15 is 0 Å². The fraction of sp³-hybridized carbons (Fsp3) is 0.909. The van der Waals surface area contributed by atoms with Crippen molar-refractivity contribution in [2.24, 2.45) is 16.1 Å². The van der Waals surface area contributed by atoms with Gasteiger partial charge in [0.15, 0.2) is 5.96 Å². The molecule has 0 spiro atoms. The highest BCUT2D eigenvalue weighted by Crippen LogP contribution is 2.36. The molecular formula is C11H23N3. The van der Waals surface area contributed by atoms with Crippen LogP contribution in [0.4, 0.5) is 0 Å². The molecule has 82 valence electrons. The van der Waals surface area contributed by atoms with Gasteiger partial charge in [0.1, 0.15) is 0 Å². The lowest BCUT2D eigenvalue weighted by Crippen LogP contribution is -2.37. The lowest BCUT2D eigenvalue weighted by Gasteiger charge is -2.26. The molecule has 0 aromatic rings. The van der Waals surface area contributed by atoms with Gasteiger partial charge in [0.25, 0.3) is 0 Å². The first-order valence-electron chi connectivity index (χ1n) is 5.72. The molecule has 1 fully saturated rings. The number of likely N-dealkylation sites (tertiary alicyclic amines) is 1. The van der Waals surface area contributed by atoms with Gasteiger partial charge in [-0.15, -0.1) is 0 Å². The molecule has 0 amide bonds. The fourth-order valence-electron chi connectivity index (χ4n) is 2.22. The van der Waals surface area contributed by atoms with Gasteiger partial charge >= 0.3 is 0 Å². The number of guanidine groups is 1. The van der Waals surface area contributed by atoms with E-state index in [4.69, 9.17) is 5.73 Å². The Balaban J connectivity index is 2.60. The van der Waals surface area contributed by atoms with Gasteiger partial charge in [-0.25, -0.2) is 0 Å². The zero-order valence-corrected chi connectivity index (χ0v) is 9.71. The van der Waals surface area contributed by atoms with Crippen molar-refractivity contribution < 1.29 is 0 Å². The molecule has 14 heavy (non-hydrogen) atoms. The highest BCUT2D eigenvalue weighted by Gasteiger charge is 2.35. The molecule has 3 heteroatoms. The minimum absolute atomic E-state index is 0.494. The van der Waals surface area contributed by atoms with Gasteiger partial charge < -0.3 is 10.6 Å². The molecule has 1 heterocycles. The molecule has 0 unspecified atom stereocenters. The van der Waals surface area contributed by atoms with Gasteiger partial charge in [-0.2, -0.15) is 0 Å². The summed E-state index contributed by atoms with van der Waals surface area (Å²) in [4.78, 5) is 6.49. The first-order chi connectivity index (χ1) is 6.67. The minimum Gasteiger partial charge on any atom is -0.370 e. The molecule has 0 aliphatic carbocycles. The van der Waals surface area contributed by atoms with Crippen molar-refractivity contribution in [3.05, 3.63) is 0 Å². The Morgan fingerprint density at radius 3 is 2.43 bits per heavy atom. The summed E-state index contributed by atoms with van der Waals surface area (Å²) in [5.41, 5.74) is 6.39. The first kappa shape index (κ1) is 11.3. The maximum absolute atomic E-state index is 5.90. The lowest BCUT2D eigenvalue weighted by atomic mass is 9.82. The van der Waals surface area contributed by atoms with Crippen molar-refractivity contribution in [3.8, 4) is 0 Å². The summed E-state index contributed by atoms with van der Waals surface area (Å²) in [6.45, 7) is 9.54. The molecule has 1 aliphatic heterocycles. The quantitative estimate of drug-likeness (QED) is 0.554. The Hall–Kier alpha value is -0.730. The summed E-state index contributed by atoms with van der Waals surface area (Å²) >= 11 is 0. The molecule has 1 aliphatic rings. The molecule has 0 saturated carbocycles. The van der Waals surface area contributed by atoms with E-state index in [2.05, 4.69) is 23.7 Å². The van der Waals surface area contributed by atoms with E-state index < -0.39 is 0 Å². The van der Waals surface area contributed by atoms with Crippen LogP contribution < -0.4 is 5.73 Å². The van der Waals surface area contributed by atoms with Crippen LogP contribution in [0.15, 0.2) is 4.99 Å². The van der Waals surface area contributed by atoms with Crippen molar-refractivity contribution >= 4 is 5.96 Å². The maximum atomic E-state index is 5.90. The second-order valence-corrected chi connectivity index (χ2v) is 4.21. The van der Waals surface area contributed by atoms with Gasteiger partial charge in [0.05, 0.1) is 0 Å². The first-order valence-corrected chi connectivity index (χ1v) is 5.72. The Bertz CT molecular complexity index is 207. The number of rotatable bonds is 3. The number of hydrogen-bond acceptors (Lipinski definition) is 1. The largest absolute Gasteiger partial charge is 0.370 e. The fourth-order valence-corrected chi connectivity index (χ4v) is 2.22. The van der Waals surface area contributed by atoms with Gasteiger partial charge in [-0.05, 0) is 31.6 Å². The van der Waals surface area contributed by atoms with E-state index in [1.165, 1.54) is 19.3 Å². The van der Waals surface area contributed by atoms with Crippen LogP contribution >= 0.6 is 0 Å². The van der Waals surface area contributed by atoms with Gasteiger partial charge in [-0.3, -0.25) is 4.99 Å².